The number of benzene rings is 2. The van der Waals surface area contributed by atoms with E-state index in [0.29, 0.717) is 5.16 Å². The van der Waals surface area contributed by atoms with Crippen molar-refractivity contribution in [2.75, 3.05) is 11.1 Å². The highest BCUT2D eigenvalue weighted by Gasteiger charge is 2.14. The van der Waals surface area contributed by atoms with Crippen LogP contribution in [0.15, 0.2) is 41.6 Å². The number of aryl methyl sites for hydroxylation is 2. The summed E-state index contributed by atoms with van der Waals surface area (Å²) in [6.45, 7) is 3.97. The second-order valence-electron chi connectivity index (χ2n) is 5.62. The van der Waals surface area contributed by atoms with Gasteiger partial charge in [-0.05, 0) is 54.1 Å². The smallest absolute Gasteiger partial charge is 0.234 e. The molecule has 3 rings (SSSR count). The Morgan fingerprint density at radius 1 is 1.27 bits per heavy atom. The van der Waals surface area contributed by atoms with Crippen molar-refractivity contribution < 1.29 is 9.18 Å². The van der Waals surface area contributed by atoms with Gasteiger partial charge in [0.2, 0.25) is 11.1 Å². The lowest BCUT2D eigenvalue weighted by Gasteiger charge is -2.09. The number of amides is 1. The molecule has 0 spiro atoms. The maximum absolute atomic E-state index is 13.7. The minimum atomic E-state index is -0.587. The fourth-order valence-corrected chi connectivity index (χ4v) is 3.21. The molecule has 0 saturated carbocycles. The van der Waals surface area contributed by atoms with E-state index in [1.54, 1.807) is 4.68 Å². The molecule has 0 unspecified atom stereocenters. The molecule has 26 heavy (non-hydrogen) atoms. The minimum Gasteiger partial charge on any atom is -0.323 e. The lowest BCUT2D eigenvalue weighted by atomic mass is 10.1. The molecule has 2 aromatic carbocycles. The predicted molar refractivity (Wildman–Crippen MR) is 99.4 cm³/mol. The van der Waals surface area contributed by atoms with Gasteiger partial charge in [0.1, 0.15) is 5.82 Å². The Morgan fingerprint density at radius 3 is 2.81 bits per heavy atom. The molecule has 3 aromatic rings. The van der Waals surface area contributed by atoms with E-state index < -0.39 is 5.82 Å². The Morgan fingerprint density at radius 2 is 2.08 bits per heavy atom. The van der Waals surface area contributed by atoms with Gasteiger partial charge in [-0.1, -0.05) is 41.1 Å². The van der Waals surface area contributed by atoms with Crippen molar-refractivity contribution in [1.29, 1.82) is 0 Å². The van der Waals surface area contributed by atoms with Crippen LogP contribution in [0, 0.1) is 19.7 Å². The number of nitrogens with one attached hydrogen (secondary N) is 1. The Kier molecular flexibility index (Phi) is 5.53. The first-order valence-electron chi connectivity index (χ1n) is 7.68. The topological polar surface area (TPSA) is 72.7 Å². The number of nitrogens with zero attached hydrogens (tertiary/aromatic N) is 4. The van der Waals surface area contributed by atoms with Gasteiger partial charge in [0, 0.05) is 5.02 Å². The number of hydrogen-bond donors (Lipinski definition) is 1. The number of tetrazole rings is 1. The molecule has 0 saturated heterocycles. The highest BCUT2D eigenvalue weighted by atomic mass is 35.5. The zero-order valence-corrected chi connectivity index (χ0v) is 15.6. The van der Waals surface area contributed by atoms with Crippen molar-refractivity contribution in [2.45, 2.75) is 19.0 Å². The molecule has 0 aliphatic heterocycles. The first-order valence-corrected chi connectivity index (χ1v) is 9.04. The molecule has 1 heterocycles. The summed E-state index contributed by atoms with van der Waals surface area (Å²) < 4.78 is 15.3. The van der Waals surface area contributed by atoms with Crippen LogP contribution in [0.1, 0.15) is 11.1 Å². The molecule has 0 fully saturated rings. The monoisotopic (exact) mass is 391 g/mol. The second-order valence-corrected chi connectivity index (χ2v) is 7.00. The number of thioether (sulfide) groups is 1. The molecule has 1 amide bonds. The number of hydrogen-bond acceptors (Lipinski definition) is 5. The molecule has 1 N–H and O–H groups in total. The van der Waals surface area contributed by atoms with Crippen LogP contribution >= 0.6 is 23.4 Å². The van der Waals surface area contributed by atoms with Crippen LogP contribution in [0.2, 0.25) is 5.02 Å². The minimum absolute atomic E-state index is 0.0351. The maximum atomic E-state index is 13.7. The summed E-state index contributed by atoms with van der Waals surface area (Å²) in [5, 5.41) is 14.9. The van der Waals surface area contributed by atoms with Gasteiger partial charge < -0.3 is 5.32 Å². The molecule has 134 valence electrons. The summed E-state index contributed by atoms with van der Waals surface area (Å²) in [5.74, 6) is -0.921. The van der Waals surface area contributed by atoms with Crippen molar-refractivity contribution >= 4 is 35.0 Å². The zero-order chi connectivity index (χ0) is 18.7. The van der Waals surface area contributed by atoms with Gasteiger partial charge in [0.05, 0.1) is 17.1 Å². The van der Waals surface area contributed by atoms with Crippen LogP contribution in [0.3, 0.4) is 0 Å². The number of aromatic nitrogens is 4. The third-order valence-electron chi connectivity index (χ3n) is 3.56. The van der Waals surface area contributed by atoms with Gasteiger partial charge >= 0.3 is 0 Å². The van der Waals surface area contributed by atoms with E-state index >= 15 is 0 Å². The fourth-order valence-electron chi connectivity index (χ4n) is 2.37. The van der Waals surface area contributed by atoms with E-state index in [0.717, 1.165) is 34.6 Å². The molecule has 0 radical (unpaired) electrons. The van der Waals surface area contributed by atoms with Crippen molar-refractivity contribution in [2.24, 2.45) is 0 Å². The van der Waals surface area contributed by atoms with Crippen LogP contribution in [-0.4, -0.2) is 31.9 Å². The SMILES string of the molecule is Cc1ccc(-n2nnnc2SCC(=O)Nc2ccc(Cl)cc2F)c(C)c1. The van der Waals surface area contributed by atoms with E-state index in [9.17, 15) is 9.18 Å². The summed E-state index contributed by atoms with van der Waals surface area (Å²) in [6.07, 6.45) is 0. The van der Waals surface area contributed by atoms with Crippen LogP contribution in [0.25, 0.3) is 5.69 Å². The summed E-state index contributed by atoms with van der Waals surface area (Å²) >= 11 is 6.86. The molecule has 1 aromatic heterocycles. The highest BCUT2D eigenvalue weighted by Crippen LogP contribution is 2.23. The van der Waals surface area contributed by atoms with Gasteiger partial charge in [-0.15, -0.1) is 5.10 Å². The van der Waals surface area contributed by atoms with Crippen LogP contribution < -0.4 is 5.32 Å². The Hall–Kier alpha value is -2.45. The highest BCUT2D eigenvalue weighted by molar-refractivity contribution is 7.99. The van der Waals surface area contributed by atoms with Crippen LogP contribution in [0.5, 0.6) is 0 Å². The first-order chi connectivity index (χ1) is 12.4. The van der Waals surface area contributed by atoms with Crippen molar-refractivity contribution in [3.05, 3.63) is 58.4 Å². The van der Waals surface area contributed by atoms with Crippen molar-refractivity contribution in [3.63, 3.8) is 0 Å². The van der Waals surface area contributed by atoms with E-state index in [4.69, 9.17) is 11.6 Å². The average molecular weight is 392 g/mol. The van der Waals surface area contributed by atoms with Gasteiger partial charge in [-0.3, -0.25) is 4.79 Å². The number of halogens is 2. The first kappa shape index (κ1) is 18.3. The van der Waals surface area contributed by atoms with Crippen molar-refractivity contribution in [3.8, 4) is 5.69 Å². The average Bonchev–Trinajstić information content (AvgIpc) is 3.04. The standard InChI is InChI=1S/C17H15ClFN5OS/c1-10-3-6-15(11(2)7-10)24-17(21-22-23-24)26-9-16(25)20-14-5-4-12(18)8-13(14)19/h3-8H,9H2,1-2H3,(H,20,25). The van der Waals surface area contributed by atoms with Gasteiger partial charge in [-0.2, -0.15) is 4.68 Å². The molecule has 0 aliphatic carbocycles. The van der Waals surface area contributed by atoms with Gasteiger partial charge in [0.15, 0.2) is 0 Å². The largest absolute Gasteiger partial charge is 0.323 e. The second kappa shape index (κ2) is 7.84. The third-order valence-corrected chi connectivity index (χ3v) is 4.71. The van der Waals surface area contributed by atoms with Crippen LogP contribution in [-0.2, 0) is 4.79 Å². The van der Waals surface area contributed by atoms with Crippen molar-refractivity contribution in [1.82, 2.24) is 20.2 Å². The number of rotatable bonds is 5. The maximum Gasteiger partial charge on any atom is 0.234 e. The Balaban J connectivity index is 1.69. The summed E-state index contributed by atoms with van der Waals surface area (Å²) in [4.78, 5) is 12.1. The van der Waals surface area contributed by atoms with Gasteiger partial charge in [-0.25, -0.2) is 4.39 Å². The Bertz CT molecular complexity index is 962. The van der Waals surface area contributed by atoms with E-state index in [-0.39, 0.29) is 22.4 Å². The zero-order valence-electron chi connectivity index (χ0n) is 14.0. The summed E-state index contributed by atoms with van der Waals surface area (Å²) in [7, 11) is 0. The lowest BCUT2D eigenvalue weighted by molar-refractivity contribution is -0.113. The third kappa shape index (κ3) is 4.20. The number of anilines is 1. The fraction of sp³-hybridized carbons (Fsp3) is 0.176. The number of carbonyl (C=O) groups excluding carboxylic acids is 1. The number of carbonyl (C=O) groups is 1. The van der Waals surface area contributed by atoms with E-state index in [1.165, 1.54) is 12.1 Å². The molecule has 6 nitrogen and oxygen atoms in total. The normalized spacial score (nSPS) is 10.8. The quantitative estimate of drug-likeness (QED) is 0.669. The Labute approximate surface area is 158 Å². The predicted octanol–water partition coefficient (Wildman–Crippen LogP) is 3.80. The molecular weight excluding hydrogens is 377 g/mol. The summed E-state index contributed by atoms with van der Waals surface area (Å²) in [6, 6.07) is 9.99. The molecular formula is C17H15ClFN5OS. The molecule has 0 aliphatic rings. The molecule has 0 bridgehead atoms. The van der Waals surface area contributed by atoms with Gasteiger partial charge in [0.25, 0.3) is 0 Å². The lowest BCUT2D eigenvalue weighted by Crippen LogP contribution is -2.15. The summed E-state index contributed by atoms with van der Waals surface area (Å²) in [5.41, 5.74) is 3.07. The molecule has 9 heteroatoms. The van der Waals surface area contributed by atoms with Crippen LogP contribution in [0.4, 0.5) is 10.1 Å². The van der Waals surface area contributed by atoms with E-state index in [2.05, 4.69) is 20.8 Å². The van der Waals surface area contributed by atoms with E-state index in [1.807, 2.05) is 32.0 Å². The molecule has 0 atom stereocenters.